The number of ether oxygens (including phenoxy) is 1. The first-order valence-electron chi connectivity index (χ1n) is 11.9. The molecule has 1 fully saturated rings. The fourth-order valence-electron chi connectivity index (χ4n) is 4.38. The molecule has 0 saturated carbocycles. The SMILES string of the molecule is CCC1=NC(C(N)=O)C(Nc2ccc(N3CCCN(C)CC3)cc2)NC1Oc1cccc(N)c1. The van der Waals surface area contributed by atoms with Gasteiger partial charge in [0.1, 0.15) is 11.9 Å². The number of carbonyl (C=O) groups excluding carboxylic acids is 1. The number of benzene rings is 2. The van der Waals surface area contributed by atoms with Crippen LogP contribution in [0.1, 0.15) is 19.8 Å². The average Bonchev–Trinajstić information content (AvgIpc) is 3.04. The van der Waals surface area contributed by atoms with Crippen LogP contribution in [0.3, 0.4) is 0 Å². The number of nitrogens with one attached hydrogen (secondary N) is 2. The summed E-state index contributed by atoms with van der Waals surface area (Å²) in [5.74, 6) is 0.131. The number of likely N-dealkylation sites (N-methyl/N-ethyl adjacent to an activating group) is 1. The van der Waals surface area contributed by atoms with Gasteiger partial charge >= 0.3 is 0 Å². The van der Waals surface area contributed by atoms with E-state index in [1.165, 1.54) is 5.69 Å². The number of amides is 1. The van der Waals surface area contributed by atoms with Gasteiger partial charge in [0, 0.05) is 42.8 Å². The van der Waals surface area contributed by atoms with E-state index < -0.39 is 24.3 Å². The van der Waals surface area contributed by atoms with Crippen molar-refractivity contribution in [3.63, 3.8) is 0 Å². The zero-order chi connectivity index (χ0) is 24.1. The maximum absolute atomic E-state index is 12.2. The Morgan fingerprint density at radius 2 is 1.97 bits per heavy atom. The molecular formula is C25H35N7O2. The van der Waals surface area contributed by atoms with Crippen LogP contribution in [0.15, 0.2) is 53.5 Å². The molecule has 182 valence electrons. The lowest BCUT2D eigenvalue weighted by Crippen LogP contribution is -2.61. The molecule has 0 aliphatic carbocycles. The molecule has 3 unspecified atom stereocenters. The molecule has 2 aromatic carbocycles. The van der Waals surface area contributed by atoms with Crippen molar-refractivity contribution in [2.75, 3.05) is 49.2 Å². The highest BCUT2D eigenvalue weighted by molar-refractivity contribution is 5.93. The fourth-order valence-corrected chi connectivity index (χ4v) is 4.38. The van der Waals surface area contributed by atoms with Crippen LogP contribution in [0.25, 0.3) is 0 Å². The molecule has 0 bridgehead atoms. The zero-order valence-electron chi connectivity index (χ0n) is 19.9. The second-order valence-electron chi connectivity index (χ2n) is 8.87. The smallest absolute Gasteiger partial charge is 0.245 e. The van der Waals surface area contributed by atoms with Crippen LogP contribution in [0, 0.1) is 0 Å². The van der Waals surface area contributed by atoms with Crippen molar-refractivity contribution in [2.45, 2.75) is 38.2 Å². The molecule has 9 nitrogen and oxygen atoms in total. The van der Waals surface area contributed by atoms with E-state index in [1.807, 2.05) is 31.2 Å². The minimum absolute atomic E-state index is 0.497. The topological polar surface area (TPSA) is 121 Å². The summed E-state index contributed by atoms with van der Waals surface area (Å²) in [6, 6.07) is 14.8. The molecule has 2 heterocycles. The predicted octanol–water partition coefficient (Wildman–Crippen LogP) is 1.86. The molecule has 34 heavy (non-hydrogen) atoms. The Balaban J connectivity index is 1.49. The standard InChI is InChI=1S/C25H35N7O2/c1-3-21-25(34-20-7-4-6-17(26)16-20)30-24(22(29-21)23(27)33)28-18-8-10-19(11-9-18)32-13-5-12-31(2)14-15-32/h4,6-11,16,22,24-25,28,30H,3,5,12-15,26H2,1-2H3,(H2,27,33). The van der Waals surface area contributed by atoms with Gasteiger partial charge in [-0.05, 0) is 62.8 Å². The molecule has 0 aromatic heterocycles. The summed E-state index contributed by atoms with van der Waals surface area (Å²) in [6.07, 6.45) is 0.746. The largest absolute Gasteiger partial charge is 0.470 e. The second-order valence-corrected chi connectivity index (χ2v) is 8.87. The Kier molecular flexibility index (Phi) is 7.54. The van der Waals surface area contributed by atoms with Gasteiger partial charge in [-0.15, -0.1) is 0 Å². The lowest BCUT2D eigenvalue weighted by atomic mass is 10.1. The summed E-state index contributed by atoms with van der Waals surface area (Å²) >= 11 is 0. The van der Waals surface area contributed by atoms with Crippen molar-refractivity contribution in [3.8, 4) is 5.75 Å². The van der Waals surface area contributed by atoms with Gasteiger partial charge in [0.15, 0.2) is 12.3 Å². The van der Waals surface area contributed by atoms with E-state index in [9.17, 15) is 4.79 Å². The Bertz CT molecular complexity index is 1010. The number of nitrogens with zero attached hydrogens (tertiary/aromatic N) is 3. The number of primary amides is 1. The Labute approximate surface area is 201 Å². The van der Waals surface area contributed by atoms with Crippen LogP contribution in [-0.4, -0.2) is 68.2 Å². The molecule has 3 atom stereocenters. The number of nitrogens with two attached hydrogens (primary N) is 2. The minimum Gasteiger partial charge on any atom is -0.470 e. The highest BCUT2D eigenvalue weighted by Crippen LogP contribution is 2.23. The van der Waals surface area contributed by atoms with E-state index in [2.05, 4.69) is 44.6 Å². The molecule has 2 aliphatic rings. The van der Waals surface area contributed by atoms with Gasteiger partial charge in [-0.1, -0.05) is 13.0 Å². The van der Waals surface area contributed by atoms with E-state index in [-0.39, 0.29) is 0 Å². The molecule has 1 saturated heterocycles. The monoisotopic (exact) mass is 465 g/mol. The number of hydrogen-bond donors (Lipinski definition) is 4. The molecule has 9 heteroatoms. The summed E-state index contributed by atoms with van der Waals surface area (Å²) < 4.78 is 6.13. The molecule has 1 amide bonds. The van der Waals surface area contributed by atoms with E-state index in [1.54, 1.807) is 12.1 Å². The Morgan fingerprint density at radius 3 is 2.68 bits per heavy atom. The normalized spacial score (nSPS) is 23.6. The number of nitrogen functional groups attached to an aromatic ring is 1. The van der Waals surface area contributed by atoms with Crippen LogP contribution in [0.4, 0.5) is 17.1 Å². The minimum atomic E-state index is -0.753. The van der Waals surface area contributed by atoms with Crippen LogP contribution < -0.4 is 31.7 Å². The van der Waals surface area contributed by atoms with Crippen LogP contribution >= 0.6 is 0 Å². The lowest BCUT2D eigenvalue weighted by Gasteiger charge is -2.35. The van der Waals surface area contributed by atoms with Gasteiger partial charge in [-0.3, -0.25) is 15.1 Å². The number of carbonyl (C=O) groups is 1. The van der Waals surface area contributed by atoms with E-state index >= 15 is 0 Å². The van der Waals surface area contributed by atoms with E-state index in [0.29, 0.717) is 17.9 Å². The molecule has 6 N–H and O–H groups in total. The van der Waals surface area contributed by atoms with Gasteiger partial charge < -0.3 is 31.3 Å². The molecule has 2 aliphatic heterocycles. The van der Waals surface area contributed by atoms with E-state index in [4.69, 9.17) is 16.2 Å². The van der Waals surface area contributed by atoms with Crippen molar-refractivity contribution in [2.24, 2.45) is 10.7 Å². The van der Waals surface area contributed by atoms with Gasteiger partial charge in [0.25, 0.3) is 0 Å². The predicted molar refractivity (Wildman–Crippen MR) is 137 cm³/mol. The lowest BCUT2D eigenvalue weighted by molar-refractivity contribution is -0.119. The highest BCUT2D eigenvalue weighted by atomic mass is 16.5. The van der Waals surface area contributed by atoms with Crippen LogP contribution in [0.5, 0.6) is 5.75 Å². The third kappa shape index (κ3) is 5.78. The first-order valence-corrected chi connectivity index (χ1v) is 11.9. The number of rotatable bonds is 7. The van der Waals surface area contributed by atoms with Crippen molar-refractivity contribution in [3.05, 3.63) is 48.5 Å². The zero-order valence-corrected chi connectivity index (χ0v) is 19.9. The molecular weight excluding hydrogens is 430 g/mol. The average molecular weight is 466 g/mol. The van der Waals surface area contributed by atoms with Gasteiger partial charge in [-0.25, -0.2) is 0 Å². The number of aliphatic imine (C=N–C) groups is 1. The maximum atomic E-state index is 12.2. The van der Waals surface area contributed by atoms with E-state index in [0.717, 1.165) is 44.0 Å². The summed E-state index contributed by atoms with van der Waals surface area (Å²) in [4.78, 5) is 21.6. The fraction of sp³-hybridized carbons (Fsp3) is 0.440. The van der Waals surface area contributed by atoms with Crippen molar-refractivity contribution in [1.29, 1.82) is 0 Å². The van der Waals surface area contributed by atoms with Crippen molar-refractivity contribution < 1.29 is 9.53 Å². The Hall–Kier alpha value is -3.30. The summed E-state index contributed by atoms with van der Waals surface area (Å²) in [6.45, 7) is 6.20. The summed E-state index contributed by atoms with van der Waals surface area (Å²) in [5.41, 5.74) is 15.0. The number of anilines is 3. The quantitative estimate of drug-likeness (QED) is 0.461. The van der Waals surface area contributed by atoms with Crippen LogP contribution in [-0.2, 0) is 4.79 Å². The highest BCUT2D eigenvalue weighted by Gasteiger charge is 2.35. The van der Waals surface area contributed by atoms with Crippen molar-refractivity contribution in [1.82, 2.24) is 10.2 Å². The molecule has 0 spiro atoms. The molecule has 2 aromatic rings. The van der Waals surface area contributed by atoms with Gasteiger partial charge in [0.2, 0.25) is 5.91 Å². The first kappa shape index (κ1) is 23.8. The second kappa shape index (κ2) is 10.8. The molecule has 0 radical (unpaired) electrons. The molecule has 4 rings (SSSR count). The third-order valence-corrected chi connectivity index (χ3v) is 6.29. The van der Waals surface area contributed by atoms with Gasteiger partial charge in [-0.2, -0.15) is 0 Å². The van der Waals surface area contributed by atoms with Crippen LogP contribution in [0.2, 0.25) is 0 Å². The van der Waals surface area contributed by atoms with Gasteiger partial charge in [0.05, 0.1) is 5.71 Å². The Morgan fingerprint density at radius 1 is 1.18 bits per heavy atom. The number of hydrogen-bond acceptors (Lipinski definition) is 8. The summed E-state index contributed by atoms with van der Waals surface area (Å²) in [5, 5.41) is 6.75. The first-order chi connectivity index (χ1) is 16.4. The maximum Gasteiger partial charge on any atom is 0.245 e. The third-order valence-electron chi connectivity index (χ3n) is 6.29. The van der Waals surface area contributed by atoms with Crippen molar-refractivity contribution >= 4 is 28.7 Å². The summed E-state index contributed by atoms with van der Waals surface area (Å²) in [7, 11) is 2.17.